The number of nitrogens with one attached hydrogen (secondary N) is 1. The van der Waals surface area contributed by atoms with Crippen molar-refractivity contribution in [2.45, 2.75) is 64.0 Å². The van der Waals surface area contributed by atoms with Crippen molar-refractivity contribution in [2.75, 3.05) is 0 Å². The van der Waals surface area contributed by atoms with Crippen LogP contribution in [0.3, 0.4) is 0 Å². The summed E-state index contributed by atoms with van der Waals surface area (Å²) in [7, 11) is -1.21. The Labute approximate surface area is 152 Å². The van der Waals surface area contributed by atoms with Gasteiger partial charge in [-0.05, 0) is 56.0 Å². The topological polar surface area (TPSA) is 38.1 Å². The van der Waals surface area contributed by atoms with Crippen molar-refractivity contribution >= 4 is 14.1 Å². The van der Waals surface area contributed by atoms with Crippen molar-refractivity contribution in [3.63, 3.8) is 0 Å². The van der Waals surface area contributed by atoms with Crippen LogP contribution in [0.2, 0.25) is 25.7 Å². The Kier molecular flexibility index (Phi) is 5.60. The van der Waals surface area contributed by atoms with Crippen LogP contribution in [0, 0.1) is 6.92 Å². The van der Waals surface area contributed by atoms with Crippen LogP contribution in [0.15, 0.2) is 46.6 Å². The van der Waals surface area contributed by atoms with Crippen LogP contribution in [-0.4, -0.2) is 19.1 Å². The number of rotatable bonds is 8. The molecule has 1 N–H and O–H groups in total. The van der Waals surface area contributed by atoms with Crippen molar-refractivity contribution in [3.8, 4) is 0 Å². The average Bonchev–Trinajstić information content (AvgIpc) is 3.24. The molecule has 2 aromatic heterocycles. The quantitative estimate of drug-likeness (QED) is 0.628. The van der Waals surface area contributed by atoms with Crippen LogP contribution < -0.4 is 5.32 Å². The van der Waals surface area contributed by atoms with E-state index in [-0.39, 0.29) is 6.04 Å². The molecule has 1 unspecified atom stereocenters. The molecule has 1 fully saturated rings. The molecule has 0 radical (unpaired) electrons. The molecule has 1 aliphatic carbocycles. The van der Waals surface area contributed by atoms with Gasteiger partial charge in [0.25, 0.3) is 0 Å². The summed E-state index contributed by atoms with van der Waals surface area (Å²) in [4.78, 5) is 4.27. The Hall–Kier alpha value is -1.65. The van der Waals surface area contributed by atoms with Crippen LogP contribution >= 0.6 is 0 Å². The van der Waals surface area contributed by atoms with Gasteiger partial charge in [-0.15, -0.1) is 0 Å². The molecular formula is C21H30N2OSi. The Bertz CT molecular complexity index is 711. The minimum absolute atomic E-state index is 0.264. The zero-order valence-corrected chi connectivity index (χ0v) is 16.9. The first kappa shape index (κ1) is 18.1. The molecule has 1 atom stereocenters. The van der Waals surface area contributed by atoms with Crippen LogP contribution in [0.4, 0.5) is 0 Å². The molecule has 0 aliphatic heterocycles. The minimum Gasteiger partial charge on any atom is -0.465 e. The third kappa shape index (κ3) is 5.98. The van der Waals surface area contributed by atoms with E-state index in [0.29, 0.717) is 6.04 Å². The highest BCUT2D eigenvalue weighted by molar-refractivity contribution is 6.76. The SMILES string of the molecule is Cc1ccc(C(C/C(=C\c2cccnc2)C[Si](C)(C)C)NC2CC2)o1. The largest absolute Gasteiger partial charge is 0.465 e. The van der Waals surface area contributed by atoms with E-state index < -0.39 is 8.07 Å². The van der Waals surface area contributed by atoms with Gasteiger partial charge in [-0.3, -0.25) is 4.98 Å². The van der Waals surface area contributed by atoms with E-state index >= 15 is 0 Å². The molecule has 3 nitrogen and oxygen atoms in total. The number of aryl methyl sites for hydroxylation is 1. The number of aromatic nitrogens is 1. The van der Waals surface area contributed by atoms with Gasteiger partial charge in [0.05, 0.1) is 6.04 Å². The monoisotopic (exact) mass is 354 g/mol. The first-order valence-electron chi connectivity index (χ1n) is 9.31. The second kappa shape index (κ2) is 7.71. The zero-order valence-electron chi connectivity index (χ0n) is 15.9. The number of nitrogens with zero attached hydrogens (tertiary/aromatic N) is 1. The van der Waals surface area contributed by atoms with Gasteiger partial charge < -0.3 is 9.73 Å². The summed E-state index contributed by atoms with van der Waals surface area (Å²) in [5.74, 6) is 2.05. The first-order chi connectivity index (χ1) is 11.9. The maximum atomic E-state index is 5.96. The average molecular weight is 355 g/mol. The molecule has 0 amide bonds. The van der Waals surface area contributed by atoms with Gasteiger partial charge in [0, 0.05) is 26.5 Å². The van der Waals surface area contributed by atoms with Crippen molar-refractivity contribution in [2.24, 2.45) is 0 Å². The molecule has 0 aromatic carbocycles. The van der Waals surface area contributed by atoms with E-state index in [1.807, 2.05) is 25.4 Å². The molecular weight excluding hydrogens is 324 g/mol. The van der Waals surface area contributed by atoms with Gasteiger partial charge in [-0.2, -0.15) is 0 Å². The highest BCUT2D eigenvalue weighted by Crippen LogP contribution is 2.32. The third-order valence-corrected chi connectivity index (χ3v) is 5.91. The van der Waals surface area contributed by atoms with Gasteiger partial charge in [-0.1, -0.05) is 37.4 Å². The van der Waals surface area contributed by atoms with Gasteiger partial charge in [0.15, 0.2) is 0 Å². The summed E-state index contributed by atoms with van der Waals surface area (Å²) in [6.45, 7) is 9.32. The van der Waals surface area contributed by atoms with E-state index in [2.05, 4.69) is 54.2 Å². The summed E-state index contributed by atoms with van der Waals surface area (Å²) >= 11 is 0. The number of hydrogen-bond donors (Lipinski definition) is 1. The van der Waals surface area contributed by atoms with Gasteiger partial charge in [0.2, 0.25) is 0 Å². The van der Waals surface area contributed by atoms with Crippen molar-refractivity contribution in [1.82, 2.24) is 10.3 Å². The van der Waals surface area contributed by atoms with Crippen LogP contribution in [0.5, 0.6) is 0 Å². The smallest absolute Gasteiger partial charge is 0.121 e. The molecule has 1 aliphatic rings. The number of hydrogen-bond acceptors (Lipinski definition) is 3. The normalized spacial score (nSPS) is 16.9. The van der Waals surface area contributed by atoms with Gasteiger partial charge >= 0.3 is 0 Å². The molecule has 0 spiro atoms. The Morgan fingerprint density at radius 2 is 2.12 bits per heavy atom. The highest BCUT2D eigenvalue weighted by atomic mass is 28.3. The Morgan fingerprint density at radius 3 is 2.68 bits per heavy atom. The summed E-state index contributed by atoms with van der Waals surface area (Å²) < 4.78 is 5.96. The van der Waals surface area contributed by atoms with Crippen LogP contribution in [-0.2, 0) is 0 Å². The van der Waals surface area contributed by atoms with Crippen LogP contribution in [0.25, 0.3) is 6.08 Å². The van der Waals surface area contributed by atoms with Crippen molar-refractivity contribution in [1.29, 1.82) is 0 Å². The molecule has 4 heteroatoms. The molecule has 0 saturated heterocycles. The van der Waals surface area contributed by atoms with E-state index in [9.17, 15) is 0 Å². The second-order valence-corrected chi connectivity index (χ2v) is 13.9. The van der Waals surface area contributed by atoms with E-state index in [1.54, 1.807) is 0 Å². The lowest BCUT2D eigenvalue weighted by atomic mass is 10.0. The molecule has 25 heavy (non-hydrogen) atoms. The number of pyridine rings is 1. The fourth-order valence-electron chi connectivity index (χ4n) is 3.24. The van der Waals surface area contributed by atoms with Crippen molar-refractivity contribution < 1.29 is 4.42 Å². The fraction of sp³-hybridized carbons (Fsp3) is 0.476. The standard InChI is InChI=1S/C21H30N2OSi/c1-16-7-10-21(24-16)20(23-19-8-9-19)13-18(15-25(2,3)4)12-17-6-5-11-22-14-17/h5-7,10-12,14,19-20,23H,8-9,13,15H2,1-4H3/b18-12+. The fourth-order valence-corrected chi connectivity index (χ4v) is 4.85. The molecule has 2 aromatic rings. The highest BCUT2D eigenvalue weighted by Gasteiger charge is 2.28. The predicted octanol–water partition coefficient (Wildman–Crippen LogP) is 5.59. The maximum Gasteiger partial charge on any atom is 0.121 e. The van der Waals surface area contributed by atoms with E-state index in [0.717, 1.165) is 17.9 Å². The molecule has 3 rings (SSSR count). The van der Waals surface area contributed by atoms with E-state index in [4.69, 9.17) is 4.42 Å². The third-order valence-electron chi connectivity index (χ3n) is 4.40. The Morgan fingerprint density at radius 1 is 1.32 bits per heavy atom. The minimum atomic E-state index is -1.21. The predicted molar refractivity (Wildman–Crippen MR) is 107 cm³/mol. The summed E-state index contributed by atoms with van der Waals surface area (Å²) in [6.07, 6.45) is 9.69. The molecule has 2 heterocycles. The summed E-state index contributed by atoms with van der Waals surface area (Å²) in [6, 6.07) is 10.5. The molecule has 1 saturated carbocycles. The Balaban J connectivity index is 1.84. The maximum absolute atomic E-state index is 5.96. The lowest BCUT2D eigenvalue weighted by Gasteiger charge is -2.23. The second-order valence-electron chi connectivity index (χ2n) is 8.47. The molecule has 134 valence electrons. The lowest BCUT2D eigenvalue weighted by Crippen LogP contribution is -2.26. The van der Waals surface area contributed by atoms with E-state index in [1.165, 1.54) is 30.0 Å². The number of furan rings is 1. The summed E-state index contributed by atoms with van der Waals surface area (Å²) in [5.41, 5.74) is 2.69. The molecule has 0 bridgehead atoms. The first-order valence-corrected chi connectivity index (χ1v) is 13.0. The van der Waals surface area contributed by atoms with Gasteiger partial charge in [0.1, 0.15) is 11.5 Å². The van der Waals surface area contributed by atoms with Crippen molar-refractivity contribution in [3.05, 3.63) is 59.3 Å². The summed E-state index contributed by atoms with van der Waals surface area (Å²) in [5, 5.41) is 3.79. The van der Waals surface area contributed by atoms with Gasteiger partial charge in [-0.25, -0.2) is 0 Å². The van der Waals surface area contributed by atoms with Crippen LogP contribution in [0.1, 0.15) is 42.4 Å². The lowest BCUT2D eigenvalue weighted by molar-refractivity contribution is 0.396. The zero-order chi connectivity index (χ0) is 17.9.